The molecule has 22 heavy (non-hydrogen) atoms. The number of nitrogens with zero attached hydrogens (tertiary/aromatic N) is 3. The van der Waals surface area contributed by atoms with E-state index in [1.54, 1.807) is 6.33 Å². The van der Waals surface area contributed by atoms with Gasteiger partial charge < -0.3 is 4.98 Å². The highest BCUT2D eigenvalue weighted by molar-refractivity contribution is 6.07. The third-order valence-corrected chi connectivity index (χ3v) is 4.63. The Balaban J connectivity index is 1.95. The van der Waals surface area contributed by atoms with E-state index >= 15 is 0 Å². The highest BCUT2D eigenvalue weighted by Crippen LogP contribution is 2.37. The Kier molecular flexibility index (Phi) is 2.38. The Morgan fingerprint density at radius 3 is 2.82 bits per heavy atom. The summed E-state index contributed by atoms with van der Waals surface area (Å²) in [6, 6.07) is 4.14. The standard InChI is InChI=1S/C17H15N5/c1-2-4-11-10(3-1)16-12-7-20-22-13(12)5-6-14(16)21-17(11)15-8-18-9-19-15/h5-9H,1-4H2,(H,18,19)(H,20,22). The molecule has 1 aromatic carbocycles. The van der Waals surface area contributed by atoms with Gasteiger partial charge in [-0.3, -0.25) is 5.10 Å². The number of pyridine rings is 1. The number of aromatic amines is 2. The van der Waals surface area contributed by atoms with Gasteiger partial charge >= 0.3 is 0 Å². The first-order chi connectivity index (χ1) is 10.9. The molecule has 5 heteroatoms. The molecule has 3 aromatic heterocycles. The summed E-state index contributed by atoms with van der Waals surface area (Å²) in [6.07, 6.45) is 10.2. The maximum atomic E-state index is 4.94. The van der Waals surface area contributed by atoms with Crippen LogP contribution in [-0.4, -0.2) is 25.1 Å². The van der Waals surface area contributed by atoms with Crippen LogP contribution in [0.1, 0.15) is 24.0 Å². The first-order valence-corrected chi connectivity index (χ1v) is 7.68. The Hall–Kier alpha value is -2.69. The Bertz CT molecular complexity index is 981. The highest BCUT2D eigenvalue weighted by Gasteiger charge is 2.21. The van der Waals surface area contributed by atoms with Crippen LogP contribution in [-0.2, 0) is 12.8 Å². The van der Waals surface area contributed by atoms with Gasteiger partial charge in [-0.25, -0.2) is 9.97 Å². The van der Waals surface area contributed by atoms with Crippen molar-refractivity contribution in [2.75, 3.05) is 0 Å². The summed E-state index contributed by atoms with van der Waals surface area (Å²) < 4.78 is 0. The lowest BCUT2D eigenvalue weighted by molar-refractivity contribution is 0.689. The van der Waals surface area contributed by atoms with Crippen molar-refractivity contribution in [1.82, 2.24) is 25.1 Å². The van der Waals surface area contributed by atoms with Crippen LogP contribution < -0.4 is 0 Å². The highest BCUT2D eigenvalue weighted by atomic mass is 15.1. The Morgan fingerprint density at radius 2 is 1.95 bits per heavy atom. The number of benzene rings is 1. The number of imidazole rings is 1. The van der Waals surface area contributed by atoms with Gasteiger partial charge in [-0.15, -0.1) is 0 Å². The fraction of sp³-hybridized carbons (Fsp3) is 0.235. The number of aryl methyl sites for hydroxylation is 1. The molecule has 0 spiro atoms. The second-order valence-corrected chi connectivity index (χ2v) is 5.87. The molecular formula is C17H15N5. The van der Waals surface area contributed by atoms with Gasteiger partial charge in [0.25, 0.3) is 0 Å². The first-order valence-electron chi connectivity index (χ1n) is 7.68. The zero-order valence-electron chi connectivity index (χ0n) is 12.1. The minimum atomic E-state index is 0.937. The average Bonchev–Trinajstić information content (AvgIpc) is 3.25. The van der Waals surface area contributed by atoms with Crippen LogP contribution in [0.5, 0.6) is 0 Å². The SMILES string of the molecule is c1nc(-c2nc3ccc4[nH]ncc4c3c3c2CCCC3)c[nH]1. The summed E-state index contributed by atoms with van der Waals surface area (Å²) in [5.74, 6) is 0. The van der Waals surface area contributed by atoms with Crippen molar-refractivity contribution >= 4 is 21.8 Å². The van der Waals surface area contributed by atoms with E-state index in [1.165, 1.54) is 34.7 Å². The minimum Gasteiger partial charge on any atom is -0.351 e. The van der Waals surface area contributed by atoms with E-state index < -0.39 is 0 Å². The lowest BCUT2D eigenvalue weighted by Gasteiger charge is -2.20. The van der Waals surface area contributed by atoms with E-state index in [0.717, 1.165) is 35.3 Å². The molecule has 5 nitrogen and oxygen atoms in total. The molecule has 0 bridgehead atoms. The van der Waals surface area contributed by atoms with Crippen LogP contribution in [0.2, 0.25) is 0 Å². The molecule has 1 aliphatic carbocycles. The molecule has 0 amide bonds. The van der Waals surface area contributed by atoms with Crippen molar-refractivity contribution in [3.8, 4) is 11.4 Å². The van der Waals surface area contributed by atoms with E-state index in [4.69, 9.17) is 4.98 Å². The van der Waals surface area contributed by atoms with Crippen molar-refractivity contribution in [2.24, 2.45) is 0 Å². The summed E-state index contributed by atoms with van der Waals surface area (Å²) in [7, 11) is 0. The van der Waals surface area contributed by atoms with Gasteiger partial charge in [-0.2, -0.15) is 5.10 Å². The van der Waals surface area contributed by atoms with Crippen LogP contribution in [0.25, 0.3) is 33.2 Å². The van der Waals surface area contributed by atoms with E-state index in [0.29, 0.717) is 0 Å². The molecular weight excluding hydrogens is 274 g/mol. The van der Waals surface area contributed by atoms with E-state index in [1.807, 2.05) is 12.4 Å². The molecule has 2 N–H and O–H groups in total. The zero-order chi connectivity index (χ0) is 14.5. The van der Waals surface area contributed by atoms with Gasteiger partial charge in [-0.05, 0) is 48.9 Å². The quantitative estimate of drug-likeness (QED) is 0.564. The van der Waals surface area contributed by atoms with Crippen LogP contribution in [0.15, 0.2) is 30.9 Å². The van der Waals surface area contributed by atoms with Crippen LogP contribution in [0.4, 0.5) is 0 Å². The molecule has 0 saturated carbocycles. The number of H-pyrrole nitrogens is 2. The van der Waals surface area contributed by atoms with Gasteiger partial charge in [0.15, 0.2) is 0 Å². The van der Waals surface area contributed by atoms with Gasteiger partial charge in [0.2, 0.25) is 0 Å². The lowest BCUT2D eigenvalue weighted by atomic mass is 9.86. The second-order valence-electron chi connectivity index (χ2n) is 5.87. The molecule has 0 unspecified atom stereocenters. The van der Waals surface area contributed by atoms with Gasteiger partial charge in [0.05, 0.1) is 29.3 Å². The summed E-state index contributed by atoms with van der Waals surface area (Å²) >= 11 is 0. The van der Waals surface area contributed by atoms with Gasteiger partial charge in [-0.1, -0.05) is 0 Å². The predicted octanol–water partition coefficient (Wildman–Crippen LogP) is 3.38. The number of fused-ring (bicyclic) bond motifs is 5. The maximum Gasteiger partial charge on any atom is 0.107 e. The smallest absolute Gasteiger partial charge is 0.107 e. The molecule has 108 valence electrons. The number of hydrogen-bond acceptors (Lipinski definition) is 3. The largest absolute Gasteiger partial charge is 0.351 e. The number of nitrogens with one attached hydrogen (secondary N) is 2. The topological polar surface area (TPSA) is 70.2 Å². The average molecular weight is 289 g/mol. The van der Waals surface area contributed by atoms with Crippen molar-refractivity contribution in [3.63, 3.8) is 0 Å². The number of hydrogen-bond donors (Lipinski definition) is 2. The molecule has 4 aromatic rings. The molecule has 0 aliphatic heterocycles. The fourth-order valence-corrected chi connectivity index (χ4v) is 3.65. The second kappa shape index (κ2) is 4.40. The predicted molar refractivity (Wildman–Crippen MR) is 85.6 cm³/mol. The summed E-state index contributed by atoms with van der Waals surface area (Å²) in [5, 5.41) is 9.71. The normalized spacial score (nSPS) is 14.5. The molecule has 0 atom stereocenters. The minimum absolute atomic E-state index is 0.937. The maximum absolute atomic E-state index is 4.94. The molecule has 0 saturated heterocycles. The number of rotatable bonds is 1. The lowest BCUT2D eigenvalue weighted by Crippen LogP contribution is -2.08. The third-order valence-electron chi connectivity index (χ3n) is 4.63. The van der Waals surface area contributed by atoms with Crippen LogP contribution >= 0.6 is 0 Å². The van der Waals surface area contributed by atoms with Crippen molar-refractivity contribution in [2.45, 2.75) is 25.7 Å². The van der Waals surface area contributed by atoms with Gasteiger partial charge in [0, 0.05) is 17.0 Å². The zero-order valence-corrected chi connectivity index (χ0v) is 12.1. The molecule has 1 aliphatic rings. The van der Waals surface area contributed by atoms with Crippen LogP contribution in [0, 0.1) is 0 Å². The monoisotopic (exact) mass is 289 g/mol. The summed E-state index contributed by atoms with van der Waals surface area (Å²) in [6.45, 7) is 0. The molecule has 3 heterocycles. The van der Waals surface area contributed by atoms with Crippen LogP contribution in [0.3, 0.4) is 0 Å². The summed E-state index contributed by atoms with van der Waals surface area (Å²) in [4.78, 5) is 12.4. The van der Waals surface area contributed by atoms with E-state index in [2.05, 4.69) is 32.3 Å². The summed E-state index contributed by atoms with van der Waals surface area (Å²) in [5.41, 5.74) is 6.88. The molecule has 5 rings (SSSR count). The van der Waals surface area contributed by atoms with E-state index in [-0.39, 0.29) is 0 Å². The molecule has 0 fully saturated rings. The fourth-order valence-electron chi connectivity index (χ4n) is 3.65. The van der Waals surface area contributed by atoms with Gasteiger partial charge in [0.1, 0.15) is 5.69 Å². The third kappa shape index (κ3) is 1.56. The Labute approximate surface area is 126 Å². The van der Waals surface area contributed by atoms with Crippen molar-refractivity contribution < 1.29 is 0 Å². The van der Waals surface area contributed by atoms with E-state index in [9.17, 15) is 0 Å². The molecule has 0 radical (unpaired) electrons. The van der Waals surface area contributed by atoms with Crippen molar-refractivity contribution in [1.29, 1.82) is 0 Å². The van der Waals surface area contributed by atoms with Crippen molar-refractivity contribution in [3.05, 3.63) is 42.0 Å². The Morgan fingerprint density at radius 1 is 1.05 bits per heavy atom. The number of aromatic nitrogens is 5. The first kappa shape index (κ1) is 11.9.